The van der Waals surface area contributed by atoms with Crippen LogP contribution >= 0.6 is 11.6 Å². The summed E-state index contributed by atoms with van der Waals surface area (Å²) in [4.78, 5) is 7.96. The van der Waals surface area contributed by atoms with E-state index in [4.69, 9.17) is 22.8 Å². The predicted molar refractivity (Wildman–Crippen MR) is 58.9 cm³/mol. The van der Waals surface area contributed by atoms with Crippen LogP contribution in [-0.2, 0) is 0 Å². The molecule has 0 atom stereocenters. The number of aromatic nitrogens is 2. The first-order chi connectivity index (χ1) is 7.31. The Bertz CT molecular complexity index is 534. The van der Waals surface area contributed by atoms with E-state index < -0.39 is 0 Å². The quantitative estimate of drug-likeness (QED) is 0.573. The fourth-order valence-electron chi connectivity index (χ4n) is 1.22. The van der Waals surface area contributed by atoms with Crippen molar-refractivity contribution in [1.29, 1.82) is 0 Å². The van der Waals surface area contributed by atoms with Gasteiger partial charge in [-0.25, -0.2) is 9.97 Å². The first kappa shape index (κ1) is 9.75. The molecule has 1 heterocycles. The Morgan fingerprint density at radius 3 is 3.07 bits per heavy atom. The van der Waals surface area contributed by atoms with E-state index in [0.717, 1.165) is 10.9 Å². The van der Waals surface area contributed by atoms with Crippen molar-refractivity contribution in [2.24, 2.45) is 0 Å². The molecule has 1 aromatic carbocycles. The van der Waals surface area contributed by atoms with Gasteiger partial charge in [0.1, 0.15) is 23.8 Å². The molecule has 0 amide bonds. The molecule has 2 aromatic rings. The van der Waals surface area contributed by atoms with Crippen molar-refractivity contribution in [2.75, 3.05) is 6.61 Å². The summed E-state index contributed by atoms with van der Waals surface area (Å²) >= 11 is 5.92. The molecular formula is C11H7ClN2O. The molecule has 0 saturated heterocycles. The van der Waals surface area contributed by atoms with E-state index in [2.05, 4.69) is 15.9 Å². The van der Waals surface area contributed by atoms with Crippen molar-refractivity contribution in [3.63, 3.8) is 0 Å². The van der Waals surface area contributed by atoms with Crippen LogP contribution in [0.1, 0.15) is 0 Å². The zero-order valence-electron chi connectivity index (χ0n) is 7.77. The van der Waals surface area contributed by atoms with E-state index in [1.807, 2.05) is 6.07 Å². The minimum atomic E-state index is 0.233. The lowest BCUT2D eigenvalue weighted by molar-refractivity contribution is 0.371. The van der Waals surface area contributed by atoms with Crippen LogP contribution < -0.4 is 4.74 Å². The normalized spacial score (nSPS) is 9.87. The molecule has 0 N–H and O–H groups in total. The molecule has 3 nitrogen and oxygen atoms in total. The topological polar surface area (TPSA) is 35.0 Å². The van der Waals surface area contributed by atoms with Gasteiger partial charge in [0.2, 0.25) is 0 Å². The van der Waals surface area contributed by atoms with Crippen LogP contribution in [0.5, 0.6) is 5.75 Å². The van der Waals surface area contributed by atoms with E-state index in [1.54, 1.807) is 12.1 Å². The lowest BCUT2D eigenvalue weighted by Gasteiger charge is -2.03. The van der Waals surface area contributed by atoms with Gasteiger partial charge >= 0.3 is 0 Å². The summed E-state index contributed by atoms with van der Waals surface area (Å²) in [5.74, 6) is 3.06. The second-order valence-electron chi connectivity index (χ2n) is 2.84. The molecule has 15 heavy (non-hydrogen) atoms. The minimum absolute atomic E-state index is 0.233. The summed E-state index contributed by atoms with van der Waals surface area (Å²) in [6.07, 6.45) is 6.52. The monoisotopic (exact) mass is 218 g/mol. The number of fused-ring (bicyclic) bond motifs is 1. The Hall–Kier alpha value is -1.79. The molecule has 0 aliphatic rings. The van der Waals surface area contributed by atoms with Gasteiger partial charge in [0.25, 0.3) is 0 Å². The van der Waals surface area contributed by atoms with Crippen molar-refractivity contribution in [2.45, 2.75) is 0 Å². The number of halogens is 1. The van der Waals surface area contributed by atoms with E-state index >= 15 is 0 Å². The fourth-order valence-corrected chi connectivity index (χ4v) is 1.41. The molecule has 0 bridgehead atoms. The summed E-state index contributed by atoms with van der Waals surface area (Å²) in [7, 11) is 0. The van der Waals surface area contributed by atoms with Gasteiger partial charge in [-0.05, 0) is 18.2 Å². The molecule has 74 valence electrons. The molecule has 2 rings (SSSR count). The molecule has 0 aliphatic heterocycles. The zero-order chi connectivity index (χ0) is 10.7. The second kappa shape index (κ2) is 4.16. The van der Waals surface area contributed by atoms with Crippen LogP contribution in [0.25, 0.3) is 10.9 Å². The van der Waals surface area contributed by atoms with Crippen LogP contribution in [-0.4, -0.2) is 16.6 Å². The van der Waals surface area contributed by atoms with E-state index in [9.17, 15) is 0 Å². The van der Waals surface area contributed by atoms with Crippen molar-refractivity contribution in [3.8, 4) is 18.1 Å². The molecule has 0 unspecified atom stereocenters. The van der Waals surface area contributed by atoms with Crippen molar-refractivity contribution in [1.82, 2.24) is 9.97 Å². The number of nitrogens with zero attached hydrogens (tertiary/aromatic N) is 2. The summed E-state index contributed by atoms with van der Waals surface area (Å²) in [6.45, 7) is 0.233. The smallest absolute Gasteiger partial charge is 0.148 e. The summed E-state index contributed by atoms with van der Waals surface area (Å²) in [5, 5.41) is 1.17. The van der Waals surface area contributed by atoms with Gasteiger partial charge in [0, 0.05) is 5.39 Å². The largest absolute Gasteiger partial charge is 0.481 e. The Labute approximate surface area is 92.1 Å². The average Bonchev–Trinajstić information content (AvgIpc) is 2.27. The average molecular weight is 219 g/mol. The van der Waals surface area contributed by atoms with E-state index in [0.29, 0.717) is 10.9 Å². The van der Waals surface area contributed by atoms with Crippen LogP contribution in [0.2, 0.25) is 5.15 Å². The Morgan fingerprint density at radius 1 is 1.40 bits per heavy atom. The molecular weight excluding hydrogens is 212 g/mol. The van der Waals surface area contributed by atoms with Crippen LogP contribution in [0.15, 0.2) is 24.5 Å². The highest BCUT2D eigenvalue weighted by Gasteiger charge is 2.02. The van der Waals surface area contributed by atoms with Gasteiger partial charge in [0.15, 0.2) is 0 Å². The maximum atomic E-state index is 5.92. The van der Waals surface area contributed by atoms with Gasteiger partial charge in [-0.15, -0.1) is 6.42 Å². The highest BCUT2D eigenvalue weighted by molar-refractivity contribution is 6.34. The van der Waals surface area contributed by atoms with Crippen LogP contribution in [0.4, 0.5) is 0 Å². The molecule has 0 aliphatic carbocycles. The highest BCUT2D eigenvalue weighted by Crippen LogP contribution is 2.23. The Kier molecular flexibility index (Phi) is 2.70. The zero-order valence-corrected chi connectivity index (χ0v) is 8.53. The third-order valence-corrected chi connectivity index (χ3v) is 2.18. The summed E-state index contributed by atoms with van der Waals surface area (Å²) in [6, 6.07) is 5.38. The molecule has 0 radical (unpaired) electrons. The number of hydrogen-bond donors (Lipinski definition) is 0. The van der Waals surface area contributed by atoms with Crippen molar-refractivity contribution >= 4 is 22.5 Å². The first-order valence-corrected chi connectivity index (χ1v) is 4.65. The molecule has 0 fully saturated rings. The number of ether oxygens (including phenoxy) is 1. The maximum Gasteiger partial charge on any atom is 0.148 e. The van der Waals surface area contributed by atoms with E-state index in [1.165, 1.54) is 6.33 Å². The van der Waals surface area contributed by atoms with Gasteiger partial charge in [-0.2, -0.15) is 0 Å². The van der Waals surface area contributed by atoms with Gasteiger partial charge in [-0.1, -0.05) is 17.5 Å². The number of benzene rings is 1. The maximum absolute atomic E-state index is 5.92. The van der Waals surface area contributed by atoms with Gasteiger partial charge in [0.05, 0.1) is 5.52 Å². The molecule has 0 spiro atoms. The fraction of sp³-hybridized carbons (Fsp3) is 0.0909. The number of rotatable bonds is 2. The molecule has 1 aromatic heterocycles. The first-order valence-electron chi connectivity index (χ1n) is 4.28. The third kappa shape index (κ3) is 2.00. The minimum Gasteiger partial charge on any atom is -0.481 e. The number of hydrogen-bond acceptors (Lipinski definition) is 3. The van der Waals surface area contributed by atoms with Gasteiger partial charge < -0.3 is 4.74 Å². The van der Waals surface area contributed by atoms with Crippen molar-refractivity contribution in [3.05, 3.63) is 29.7 Å². The number of terminal acetylenes is 1. The summed E-state index contributed by atoms with van der Waals surface area (Å²) < 4.78 is 5.27. The van der Waals surface area contributed by atoms with Crippen molar-refractivity contribution < 1.29 is 4.74 Å². The Balaban J connectivity index is 2.46. The SMILES string of the molecule is C#CCOc1ccc2ncnc(Cl)c2c1. The highest BCUT2D eigenvalue weighted by atomic mass is 35.5. The molecule has 0 saturated carbocycles. The lowest BCUT2D eigenvalue weighted by atomic mass is 10.2. The van der Waals surface area contributed by atoms with Gasteiger partial charge in [-0.3, -0.25) is 0 Å². The van der Waals surface area contributed by atoms with Crippen LogP contribution in [0.3, 0.4) is 0 Å². The van der Waals surface area contributed by atoms with E-state index in [-0.39, 0.29) is 6.61 Å². The lowest BCUT2D eigenvalue weighted by Crippen LogP contribution is -1.93. The molecule has 4 heteroatoms. The third-order valence-electron chi connectivity index (χ3n) is 1.88. The standard InChI is InChI=1S/C11H7ClN2O/c1-2-5-15-8-3-4-10-9(6-8)11(12)14-7-13-10/h1,3-4,6-7H,5H2. The summed E-state index contributed by atoms with van der Waals surface area (Å²) in [5.41, 5.74) is 0.781. The predicted octanol–water partition coefficient (Wildman–Crippen LogP) is 2.30. The Morgan fingerprint density at radius 2 is 2.27 bits per heavy atom. The second-order valence-corrected chi connectivity index (χ2v) is 3.19. The van der Waals surface area contributed by atoms with Crippen LogP contribution in [0, 0.1) is 12.3 Å².